The minimum absolute atomic E-state index is 0.193. The summed E-state index contributed by atoms with van der Waals surface area (Å²) in [7, 11) is 4.21. The lowest BCUT2D eigenvalue weighted by atomic mass is 10.0. The summed E-state index contributed by atoms with van der Waals surface area (Å²) < 4.78 is 6.18. The molecule has 1 aromatic carbocycles. The Labute approximate surface area is 208 Å². The molecule has 0 unspecified atom stereocenters. The molecule has 0 spiro atoms. The second-order valence-corrected chi connectivity index (χ2v) is 11.0. The minimum Gasteiger partial charge on any atom is -0.458 e. The topological polar surface area (TPSA) is 55.4 Å². The molecule has 192 valence electrons. The van der Waals surface area contributed by atoms with E-state index in [0.29, 0.717) is 10.9 Å². The SMILES string of the molecule is C=C(CC(=O)N[C@@H](Cc1ccccc1)C(=O)OC(C)(C)C)[N+](C)(C)CCCCCCCCCC. The van der Waals surface area contributed by atoms with Gasteiger partial charge in [0, 0.05) is 6.42 Å². The van der Waals surface area contributed by atoms with Gasteiger partial charge >= 0.3 is 5.97 Å². The third kappa shape index (κ3) is 12.9. The van der Waals surface area contributed by atoms with Gasteiger partial charge < -0.3 is 10.1 Å². The first-order chi connectivity index (χ1) is 15.9. The van der Waals surface area contributed by atoms with E-state index >= 15 is 0 Å². The van der Waals surface area contributed by atoms with Crippen LogP contribution in [0.1, 0.15) is 91.0 Å². The Morgan fingerprint density at radius 2 is 1.53 bits per heavy atom. The normalized spacial score (nSPS) is 12.8. The molecule has 1 N–H and O–H groups in total. The molecule has 0 aromatic heterocycles. The van der Waals surface area contributed by atoms with Crippen LogP contribution in [0.2, 0.25) is 0 Å². The van der Waals surface area contributed by atoms with Crippen LogP contribution in [0.15, 0.2) is 42.6 Å². The van der Waals surface area contributed by atoms with Gasteiger partial charge in [-0.25, -0.2) is 4.79 Å². The second-order valence-electron chi connectivity index (χ2n) is 11.0. The lowest BCUT2D eigenvalue weighted by Crippen LogP contribution is -2.47. The summed E-state index contributed by atoms with van der Waals surface area (Å²) in [5.74, 6) is -0.609. The van der Waals surface area contributed by atoms with E-state index in [-0.39, 0.29) is 12.3 Å². The third-order valence-corrected chi connectivity index (χ3v) is 6.10. The zero-order chi connectivity index (χ0) is 25.6. The number of amides is 1. The van der Waals surface area contributed by atoms with E-state index in [1.165, 1.54) is 44.9 Å². The summed E-state index contributed by atoms with van der Waals surface area (Å²) >= 11 is 0. The van der Waals surface area contributed by atoms with Crippen molar-refractivity contribution in [3.05, 3.63) is 48.2 Å². The smallest absolute Gasteiger partial charge is 0.329 e. The highest BCUT2D eigenvalue weighted by Crippen LogP contribution is 2.17. The van der Waals surface area contributed by atoms with E-state index < -0.39 is 17.6 Å². The lowest BCUT2D eigenvalue weighted by Gasteiger charge is -2.31. The first kappa shape index (κ1) is 29.9. The Balaban J connectivity index is 2.58. The Bertz CT molecular complexity index is 750. The molecular weight excluding hydrogens is 424 g/mol. The number of esters is 1. The summed E-state index contributed by atoms with van der Waals surface area (Å²) in [5.41, 5.74) is 1.21. The molecule has 0 radical (unpaired) electrons. The lowest BCUT2D eigenvalue weighted by molar-refractivity contribution is -0.853. The highest BCUT2D eigenvalue weighted by molar-refractivity contribution is 5.85. The van der Waals surface area contributed by atoms with Crippen LogP contribution in [-0.4, -0.2) is 48.6 Å². The van der Waals surface area contributed by atoms with E-state index in [1.807, 2.05) is 51.1 Å². The molecule has 1 aromatic rings. The van der Waals surface area contributed by atoms with Gasteiger partial charge in [-0.2, -0.15) is 0 Å². The van der Waals surface area contributed by atoms with Crippen LogP contribution >= 0.6 is 0 Å². The Hall–Kier alpha value is -2.14. The van der Waals surface area contributed by atoms with Gasteiger partial charge in [-0.3, -0.25) is 9.28 Å². The van der Waals surface area contributed by atoms with Crippen molar-refractivity contribution in [2.75, 3.05) is 20.6 Å². The van der Waals surface area contributed by atoms with Gasteiger partial charge in [-0.15, -0.1) is 0 Å². The van der Waals surface area contributed by atoms with Crippen LogP contribution in [0.25, 0.3) is 0 Å². The first-order valence-electron chi connectivity index (χ1n) is 13.0. The van der Waals surface area contributed by atoms with E-state index in [2.05, 4.69) is 32.9 Å². The third-order valence-electron chi connectivity index (χ3n) is 6.10. The number of rotatable bonds is 16. The average molecular weight is 474 g/mol. The van der Waals surface area contributed by atoms with Crippen LogP contribution < -0.4 is 5.32 Å². The number of hydrogen-bond acceptors (Lipinski definition) is 3. The van der Waals surface area contributed by atoms with Gasteiger partial charge in [0.05, 0.1) is 20.6 Å². The molecule has 1 atom stereocenters. The molecule has 0 saturated heterocycles. The molecule has 5 nitrogen and oxygen atoms in total. The number of carbonyl (C=O) groups excluding carboxylic acids is 2. The Morgan fingerprint density at radius 1 is 0.971 bits per heavy atom. The summed E-state index contributed by atoms with van der Waals surface area (Å²) in [4.78, 5) is 25.7. The monoisotopic (exact) mass is 473 g/mol. The van der Waals surface area contributed by atoms with Crippen molar-refractivity contribution in [1.82, 2.24) is 5.32 Å². The van der Waals surface area contributed by atoms with Crippen LogP contribution in [0.3, 0.4) is 0 Å². The van der Waals surface area contributed by atoms with Crippen molar-refractivity contribution < 1.29 is 18.8 Å². The maximum Gasteiger partial charge on any atom is 0.329 e. The fourth-order valence-electron chi connectivity index (χ4n) is 3.86. The molecular formula is C29H49N2O3+. The zero-order valence-corrected chi connectivity index (χ0v) is 22.6. The van der Waals surface area contributed by atoms with Gasteiger partial charge in [0.25, 0.3) is 0 Å². The maximum atomic E-state index is 12.9. The standard InChI is InChI=1S/C29H48N2O3/c1-8-9-10-11-12-13-14-18-21-31(6,7)24(2)22-27(32)30-26(28(33)34-29(3,4)5)23-25-19-16-15-17-20-25/h15-17,19-20,26H,2,8-14,18,21-23H2,1,3-7H3/p+1/t26-/m0/s1. The first-order valence-corrected chi connectivity index (χ1v) is 13.0. The van der Waals surface area contributed by atoms with E-state index in [9.17, 15) is 9.59 Å². The Kier molecular flexibility index (Phi) is 13.2. The van der Waals surface area contributed by atoms with Gasteiger partial charge in [0.15, 0.2) is 0 Å². The number of hydrogen-bond donors (Lipinski definition) is 1. The highest BCUT2D eigenvalue weighted by atomic mass is 16.6. The van der Waals surface area contributed by atoms with Crippen molar-refractivity contribution in [3.8, 4) is 0 Å². The van der Waals surface area contributed by atoms with Gasteiger partial charge in [0.1, 0.15) is 23.8 Å². The summed E-state index contributed by atoms with van der Waals surface area (Å²) in [5, 5.41) is 2.91. The van der Waals surface area contributed by atoms with E-state index in [1.54, 1.807) is 0 Å². The molecule has 0 fully saturated rings. The van der Waals surface area contributed by atoms with Gasteiger partial charge in [-0.1, -0.05) is 75.8 Å². The van der Waals surface area contributed by atoms with Gasteiger partial charge in [-0.05, 0) is 45.8 Å². The minimum atomic E-state index is -0.731. The molecule has 1 amide bonds. The van der Waals surface area contributed by atoms with Crippen molar-refractivity contribution in [3.63, 3.8) is 0 Å². The van der Waals surface area contributed by atoms with Crippen molar-refractivity contribution in [2.24, 2.45) is 0 Å². The number of quaternary nitrogens is 1. The predicted molar refractivity (Wildman–Crippen MR) is 141 cm³/mol. The van der Waals surface area contributed by atoms with E-state index in [0.717, 1.165) is 24.2 Å². The maximum absolute atomic E-state index is 12.9. The summed E-state index contributed by atoms with van der Waals surface area (Å²) in [6, 6.07) is 8.96. The fourth-order valence-corrected chi connectivity index (χ4v) is 3.86. The number of carbonyl (C=O) groups is 2. The summed E-state index contributed by atoms with van der Waals surface area (Å²) in [6.07, 6.45) is 10.8. The van der Waals surface area contributed by atoms with Crippen LogP contribution in [0.5, 0.6) is 0 Å². The number of ether oxygens (including phenoxy) is 1. The van der Waals surface area contributed by atoms with Crippen molar-refractivity contribution in [2.45, 2.75) is 104 Å². The predicted octanol–water partition coefficient (Wildman–Crippen LogP) is 6.18. The second kappa shape index (κ2) is 15.0. The molecule has 0 bridgehead atoms. The van der Waals surface area contributed by atoms with Crippen LogP contribution in [0.4, 0.5) is 0 Å². The Morgan fingerprint density at radius 3 is 2.09 bits per heavy atom. The number of nitrogens with one attached hydrogen (secondary N) is 1. The average Bonchev–Trinajstić information content (AvgIpc) is 2.74. The fraction of sp³-hybridized carbons (Fsp3) is 0.655. The molecule has 0 aliphatic heterocycles. The molecule has 0 heterocycles. The van der Waals surface area contributed by atoms with E-state index in [4.69, 9.17) is 4.74 Å². The van der Waals surface area contributed by atoms with Crippen LogP contribution in [-0.2, 0) is 20.7 Å². The van der Waals surface area contributed by atoms with Crippen molar-refractivity contribution >= 4 is 11.9 Å². The molecule has 0 aliphatic carbocycles. The number of benzene rings is 1. The number of unbranched alkanes of at least 4 members (excludes halogenated alkanes) is 7. The van der Waals surface area contributed by atoms with Crippen LogP contribution in [0, 0.1) is 0 Å². The van der Waals surface area contributed by atoms with Crippen molar-refractivity contribution in [1.29, 1.82) is 0 Å². The largest absolute Gasteiger partial charge is 0.458 e. The quantitative estimate of drug-likeness (QED) is 0.177. The molecule has 5 heteroatoms. The summed E-state index contributed by atoms with van der Waals surface area (Å²) in [6.45, 7) is 12.9. The highest BCUT2D eigenvalue weighted by Gasteiger charge is 2.29. The number of nitrogens with zero attached hydrogens (tertiary/aromatic N) is 1. The molecule has 0 saturated carbocycles. The molecule has 1 rings (SSSR count). The van der Waals surface area contributed by atoms with Gasteiger partial charge in [0.2, 0.25) is 5.91 Å². The molecule has 34 heavy (non-hydrogen) atoms. The molecule has 0 aliphatic rings. The zero-order valence-electron chi connectivity index (χ0n) is 22.6.